The maximum atomic E-state index is 12.3. The molecule has 1 fully saturated rings. The Bertz CT molecular complexity index is 462. The summed E-state index contributed by atoms with van der Waals surface area (Å²) in [5.41, 5.74) is -0.252. The first-order valence-electron chi connectivity index (χ1n) is 7.59. The van der Waals surface area contributed by atoms with Crippen LogP contribution in [0.2, 0.25) is 0 Å². The van der Waals surface area contributed by atoms with Crippen molar-refractivity contribution < 1.29 is 14.6 Å². The van der Waals surface area contributed by atoms with E-state index in [0.717, 1.165) is 18.4 Å². The van der Waals surface area contributed by atoms with E-state index < -0.39 is 5.60 Å². The summed E-state index contributed by atoms with van der Waals surface area (Å²) in [6, 6.07) is 9.40. The fraction of sp³-hybridized carbons (Fsp3) is 0.588. The minimum Gasteiger partial charge on any atom is -0.384 e. The molecular formula is C17H25NO3. The van der Waals surface area contributed by atoms with E-state index in [1.54, 1.807) is 6.92 Å². The molecule has 1 amide bonds. The molecule has 1 aliphatic heterocycles. The quantitative estimate of drug-likeness (QED) is 0.894. The lowest BCUT2D eigenvalue weighted by Gasteiger charge is -2.32. The molecule has 1 aromatic carbocycles. The van der Waals surface area contributed by atoms with E-state index in [4.69, 9.17) is 4.74 Å². The van der Waals surface area contributed by atoms with E-state index in [9.17, 15) is 9.90 Å². The molecule has 0 radical (unpaired) electrons. The highest BCUT2D eigenvalue weighted by atomic mass is 16.5. The first-order chi connectivity index (χ1) is 9.88. The van der Waals surface area contributed by atoms with Gasteiger partial charge in [-0.15, -0.1) is 0 Å². The van der Waals surface area contributed by atoms with Crippen LogP contribution in [0.25, 0.3) is 0 Å². The number of amides is 1. The van der Waals surface area contributed by atoms with E-state index >= 15 is 0 Å². The third-order valence-corrected chi connectivity index (χ3v) is 4.07. The zero-order valence-corrected chi connectivity index (χ0v) is 13.0. The fourth-order valence-corrected chi connectivity index (χ4v) is 2.92. The number of aliphatic hydroxyl groups is 1. The van der Waals surface area contributed by atoms with Crippen LogP contribution < -0.4 is 5.32 Å². The summed E-state index contributed by atoms with van der Waals surface area (Å²) in [5, 5.41) is 13.4. The third kappa shape index (κ3) is 4.29. The van der Waals surface area contributed by atoms with Crippen LogP contribution >= 0.6 is 0 Å². The second-order valence-corrected chi connectivity index (χ2v) is 6.28. The second-order valence-electron chi connectivity index (χ2n) is 6.28. The molecule has 0 saturated carbocycles. The standard InChI is InChI=1S/C17H25NO3/c1-12-9-14(10-13(2)21-12)16(19)18-11-17(3,20)15-7-5-4-6-8-15/h4-8,12-14,20H,9-11H2,1-3H3,(H,18,19). The average Bonchev–Trinajstić information content (AvgIpc) is 2.45. The molecule has 3 atom stereocenters. The average molecular weight is 291 g/mol. The van der Waals surface area contributed by atoms with Gasteiger partial charge < -0.3 is 15.2 Å². The van der Waals surface area contributed by atoms with Crippen molar-refractivity contribution >= 4 is 5.91 Å². The number of rotatable bonds is 4. The molecule has 0 aliphatic carbocycles. The zero-order chi connectivity index (χ0) is 15.5. The van der Waals surface area contributed by atoms with Crippen LogP contribution in [0.5, 0.6) is 0 Å². The molecule has 4 heteroatoms. The Kier molecular flexibility index (Phi) is 5.01. The van der Waals surface area contributed by atoms with Crippen molar-refractivity contribution in [3.63, 3.8) is 0 Å². The van der Waals surface area contributed by atoms with Gasteiger partial charge in [0, 0.05) is 5.92 Å². The number of carbonyl (C=O) groups is 1. The van der Waals surface area contributed by atoms with Gasteiger partial charge in [0.05, 0.1) is 18.8 Å². The minimum atomic E-state index is -1.06. The van der Waals surface area contributed by atoms with Crippen LogP contribution in [0.3, 0.4) is 0 Å². The molecule has 21 heavy (non-hydrogen) atoms. The fourth-order valence-electron chi connectivity index (χ4n) is 2.92. The van der Waals surface area contributed by atoms with Gasteiger partial charge >= 0.3 is 0 Å². The highest BCUT2D eigenvalue weighted by Gasteiger charge is 2.31. The summed E-state index contributed by atoms with van der Waals surface area (Å²) in [6.45, 7) is 5.93. The summed E-state index contributed by atoms with van der Waals surface area (Å²) in [6.07, 6.45) is 1.70. The van der Waals surface area contributed by atoms with Gasteiger partial charge in [-0.3, -0.25) is 4.79 Å². The number of ether oxygens (including phenoxy) is 1. The molecule has 0 spiro atoms. The van der Waals surface area contributed by atoms with E-state index in [1.807, 2.05) is 44.2 Å². The highest BCUT2D eigenvalue weighted by Crippen LogP contribution is 2.25. The van der Waals surface area contributed by atoms with Gasteiger partial charge in [0.25, 0.3) is 0 Å². The number of hydrogen-bond donors (Lipinski definition) is 2. The maximum Gasteiger partial charge on any atom is 0.223 e. The van der Waals surface area contributed by atoms with E-state index in [2.05, 4.69) is 5.32 Å². The van der Waals surface area contributed by atoms with Crippen LogP contribution in [-0.2, 0) is 15.1 Å². The molecule has 3 unspecified atom stereocenters. The predicted molar refractivity (Wildman–Crippen MR) is 81.8 cm³/mol. The van der Waals surface area contributed by atoms with Crippen molar-refractivity contribution in [1.82, 2.24) is 5.32 Å². The van der Waals surface area contributed by atoms with Gasteiger partial charge in [-0.1, -0.05) is 30.3 Å². The molecule has 1 aliphatic rings. The Labute approximate surface area is 126 Å². The van der Waals surface area contributed by atoms with E-state index in [1.165, 1.54) is 0 Å². The zero-order valence-electron chi connectivity index (χ0n) is 13.0. The Hall–Kier alpha value is -1.39. The van der Waals surface area contributed by atoms with Crippen molar-refractivity contribution in [1.29, 1.82) is 0 Å². The number of benzene rings is 1. The number of nitrogens with one attached hydrogen (secondary N) is 1. The Balaban J connectivity index is 1.91. The summed E-state index contributed by atoms with van der Waals surface area (Å²) in [5.74, 6) is -0.0245. The molecule has 0 bridgehead atoms. The van der Waals surface area contributed by atoms with Crippen LogP contribution in [0.1, 0.15) is 39.2 Å². The smallest absolute Gasteiger partial charge is 0.223 e. The van der Waals surface area contributed by atoms with Gasteiger partial charge in [0.2, 0.25) is 5.91 Å². The number of carbonyl (C=O) groups excluding carboxylic acids is 1. The van der Waals surface area contributed by atoms with Crippen LogP contribution in [0, 0.1) is 5.92 Å². The van der Waals surface area contributed by atoms with Gasteiger partial charge in [-0.25, -0.2) is 0 Å². The molecule has 2 rings (SSSR count). The Morgan fingerprint density at radius 2 is 1.86 bits per heavy atom. The Morgan fingerprint density at radius 3 is 2.43 bits per heavy atom. The van der Waals surface area contributed by atoms with Crippen molar-refractivity contribution in [3.05, 3.63) is 35.9 Å². The van der Waals surface area contributed by atoms with Crippen molar-refractivity contribution in [2.24, 2.45) is 5.92 Å². The van der Waals surface area contributed by atoms with E-state index in [-0.39, 0.29) is 30.6 Å². The summed E-state index contributed by atoms with van der Waals surface area (Å²) >= 11 is 0. The van der Waals surface area contributed by atoms with Crippen molar-refractivity contribution in [2.45, 2.75) is 51.4 Å². The predicted octanol–water partition coefficient (Wildman–Crippen LogP) is 2.21. The molecule has 0 aromatic heterocycles. The van der Waals surface area contributed by atoms with Crippen LogP contribution in [0.4, 0.5) is 0 Å². The molecule has 1 aromatic rings. The summed E-state index contributed by atoms with van der Waals surface area (Å²) in [4.78, 5) is 12.3. The minimum absolute atomic E-state index is 0.00760. The topological polar surface area (TPSA) is 58.6 Å². The third-order valence-electron chi connectivity index (χ3n) is 4.07. The molecule has 1 heterocycles. The van der Waals surface area contributed by atoms with Crippen molar-refractivity contribution in [3.8, 4) is 0 Å². The normalized spacial score (nSPS) is 28.7. The Morgan fingerprint density at radius 1 is 1.29 bits per heavy atom. The monoisotopic (exact) mass is 291 g/mol. The maximum absolute atomic E-state index is 12.3. The first kappa shape index (κ1) is 16.0. The van der Waals surface area contributed by atoms with Gasteiger partial charge in [0.15, 0.2) is 0 Å². The molecule has 1 saturated heterocycles. The first-order valence-corrected chi connectivity index (χ1v) is 7.59. The van der Waals surface area contributed by atoms with Crippen LogP contribution in [0.15, 0.2) is 30.3 Å². The number of hydrogen-bond acceptors (Lipinski definition) is 3. The lowest BCUT2D eigenvalue weighted by atomic mass is 9.91. The van der Waals surface area contributed by atoms with Crippen LogP contribution in [-0.4, -0.2) is 29.8 Å². The second kappa shape index (κ2) is 6.58. The van der Waals surface area contributed by atoms with Gasteiger partial charge in [-0.05, 0) is 39.2 Å². The molecule has 4 nitrogen and oxygen atoms in total. The van der Waals surface area contributed by atoms with Gasteiger partial charge in [0.1, 0.15) is 5.60 Å². The molecule has 116 valence electrons. The largest absolute Gasteiger partial charge is 0.384 e. The summed E-state index contributed by atoms with van der Waals surface area (Å²) in [7, 11) is 0. The van der Waals surface area contributed by atoms with Crippen molar-refractivity contribution in [2.75, 3.05) is 6.54 Å². The summed E-state index contributed by atoms with van der Waals surface area (Å²) < 4.78 is 5.65. The molecular weight excluding hydrogens is 266 g/mol. The highest BCUT2D eigenvalue weighted by molar-refractivity contribution is 5.78. The lowest BCUT2D eigenvalue weighted by Crippen LogP contribution is -2.44. The molecule has 2 N–H and O–H groups in total. The van der Waals surface area contributed by atoms with E-state index in [0.29, 0.717) is 0 Å². The SMILES string of the molecule is CC1CC(C(=O)NCC(C)(O)c2ccccc2)CC(C)O1. The van der Waals surface area contributed by atoms with Gasteiger partial charge in [-0.2, -0.15) is 0 Å². The lowest BCUT2D eigenvalue weighted by molar-refractivity contribution is -0.134.